The highest BCUT2D eigenvalue weighted by Gasteiger charge is 2.36. The molecule has 1 saturated heterocycles. The number of esters is 2. The lowest BCUT2D eigenvalue weighted by Gasteiger charge is -2.19. The van der Waals surface area contributed by atoms with Crippen molar-refractivity contribution in [1.29, 1.82) is 0 Å². The third-order valence-electron chi connectivity index (χ3n) is 5.04. The smallest absolute Gasteiger partial charge is 0.337 e. The van der Waals surface area contributed by atoms with Crippen molar-refractivity contribution in [3.8, 4) is 0 Å². The van der Waals surface area contributed by atoms with Crippen LogP contribution in [0.4, 0.5) is 11.4 Å². The van der Waals surface area contributed by atoms with Crippen LogP contribution in [0.1, 0.15) is 27.9 Å². The van der Waals surface area contributed by atoms with Gasteiger partial charge in [0.05, 0.1) is 18.6 Å². The molecular weight excluding hydrogens is 400 g/mol. The van der Waals surface area contributed by atoms with Crippen molar-refractivity contribution in [3.05, 3.63) is 59.2 Å². The SMILES string of the molecule is COC(=O)c1ccc(NC(=O)COC(=O)[C@@H]2CC(=O)N(c3ccc(C)cc3C)C2)cc1. The number of methoxy groups -OCH3 is 1. The third-order valence-corrected chi connectivity index (χ3v) is 5.04. The van der Waals surface area contributed by atoms with Crippen molar-refractivity contribution in [1.82, 2.24) is 0 Å². The molecule has 8 heteroatoms. The summed E-state index contributed by atoms with van der Waals surface area (Å²) in [5.41, 5.74) is 3.63. The topological polar surface area (TPSA) is 102 Å². The van der Waals surface area contributed by atoms with E-state index < -0.39 is 30.4 Å². The standard InChI is InChI=1S/C23H24N2O6/c1-14-4-9-19(15(2)10-14)25-12-17(11-21(25)27)23(29)31-13-20(26)24-18-7-5-16(6-8-18)22(28)30-3/h4-10,17H,11-13H2,1-3H3,(H,24,26)/t17-/m1/s1. The van der Waals surface area contributed by atoms with Crippen molar-refractivity contribution in [2.75, 3.05) is 30.5 Å². The fourth-order valence-electron chi connectivity index (χ4n) is 3.47. The second-order valence-electron chi connectivity index (χ2n) is 7.42. The van der Waals surface area contributed by atoms with E-state index in [9.17, 15) is 19.2 Å². The third kappa shape index (κ3) is 5.28. The fourth-order valence-corrected chi connectivity index (χ4v) is 3.47. The first-order chi connectivity index (χ1) is 14.8. The molecule has 0 unspecified atom stereocenters. The average Bonchev–Trinajstić information content (AvgIpc) is 3.13. The second-order valence-corrected chi connectivity index (χ2v) is 7.42. The van der Waals surface area contributed by atoms with E-state index in [0.29, 0.717) is 11.3 Å². The number of rotatable bonds is 6. The highest BCUT2D eigenvalue weighted by Crippen LogP contribution is 2.29. The van der Waals surface area contributed by atoms with Crippen LogP contribution in [0.25, 0.3) is 0 Å². The lowest BCUT2D eigenvalue weighted by Crippen LogP contribution is -2.28. The molecule has 8 nitrogen and oxygen atoms in total. The Bertz CT molecular complexity index is 1020. The summed E-state index contributed by atoms with van der Waals surface area (Å²) in [6.45, 7) is 3.65. The second kappa shape index (κ2) is 9.42. The molecule has 0 aromatic heterocycles. The molecule has 1 N–H and O–H groups in total. The van der Waals surface area contributed by atoms with Crippen LogP contribution in [0.15, 0.2) is 42.5 Å². The summed E-state index contributed by atoms with van der Waals surface area (Å²) in [5, 5.41) is 2.58. The first-order valence-electron chi connectivity index (χ1n) is 9.81. The number of anilines is 2. The van der Waals surface area contributed by atoms with E-state index in [4.69, 9.17) is 4.74 Å². The predicted molar refractivity (Wildman–Crippen MR) is 114 cm³/mol. The number of ether oxygens (including phenoxy) is 2. The van der Waals surface area contributed by atoms with Gasteiger partial charge in [-0.05, 0) is 49.7 Å². The van der Waals surface area contributed by atoms with Crippen LogP contribution in [-0.2, 0) is 23.9 Å². The summed E-state index contributed by atoms with van der Waals surface area (Å²) in [5.74, 6) is -2.36. The maximum Gasteiger partial charge on any atom is 0.337 e. The van der Waals surface area contributed by atoms with Gasteiger partial charge < -0.3 is 19.7 Å². The van der Waals surface area contributed by atoms with E-state index in [1.807, 2.05) is 32.0 Å². The number of hydrogen-bond donors (Lipinski definition) is 1. The molecular formula is C23H24N2O6. The van der Waals surface area contributed by atoms with Crippen LogP contribution in [-0.4, -0.2) is 44.0 Å². The summed E-state index contributed by atoms with van der Waals surface area (Å²) >= 11 is 0. The molecule has 0 radical (unpaired) electrons. The van der Waals surface area contributed by atoms with E-state index in [-0.39, 0.29) is 18.9 Å². The van der Waals surface area contributed by atoms with Gasteiger partial charge in [0.2, 0.25) is 5.91 Å². The van der Waals surface area contributed by atoms with Gasteiger partial charge in [-0.25, -0.2) is 4.79 Å². The molecule has 1 heterocycles. The minimum absolute atomic E-state index is 0.0444. The van der Waals surface area contributed by atoms with Crippen LogP contribution < -0.4 is 10.2 Å². The van der Waals surface area contributed by atoms with Crippen molar-refractivity contribution in [2.45, 2.75) is 20.3 Å². The monoisotopic (exact) mass is 424 g/mol. The number of carbonyl (C=O) groups excluding carboxylic acids is 4. The van der Waals surface area contributed by atoms with E-state index >= 15 is 0 Å². The van der Waals surface area contributed by atoms with E-state index in [2.05, 4.69) is 10.1 Å². The van der Waals surface area contributed by atoms with Crippen molar-refractivity contribution in [3.63, 3.8) is 0 Å². The summed E-state index contributed by atoms with van der Waals surface area (Å²) in [4.78, 5) is 49.9. The number of carbonyl (C=O) groups is 4. The van der Waals surface area contributed by atoms with Crippen molar-refractivity contribution in [2.24, 2.45) is 5.92 Å². The lowest BCUT2D eigenvalue weighted by atomic mass is 10.1. The molecule has 0 aliphatic carbocycles. The molecule has 31 heavy (non-hydrogen) atoms. The molecule has 0 saturated carbocycles. The zero-order valence-electron chi connectivity index (χ0n) is 17.6. The molecule has 1 aliphatic heterocycles. The Morgan fingerprint density at radius 3 is 2.45 bits per heavy atom. The predicted octanol–water partition coefficient (Wildman–Crippen LogP) is 2.62. The Morgan fingerprint density at radius 2 is 1.81 bits per heavy atom. The number of aryl methyl sites for hydroxylation is 2. The van der Waals surface area contributed by atoms with Gasteiger partial charge in [0.25, 0.3) is 5.91 Å². The highest BCUT2D eigenvalue weighted by atomic mass is 16.5. The van der Waals surface area contributed by atoms with Gasteiger partial charge in [0.15, 0.2) is 6.61 Å². The molecule has 0 bridgehead atoms. The number of amides is 2. The maximum atomic E-state index is 12.4. The number of nitrogens with zero attached hydrogens (tertiary/aromatic N) is 1. The molecule has 2 amide bonds. The molecule has 2 aromatic rings. The van der Waals surface area contributed by atoms with Gasteiger partial charge in [-0.2, -0.15) is 0 Å². The molecule has 3 rings (SSSR count). The summed E-state index contributed by atoms with van der Waals surface area (Å²) in [7, 11) is 1.28. The van der Waals surface area contributed by atoms with Gasteiger partial charge in [0.1, 0.15) is 0 Å². The molecule has 2 aromatic carbocycles. The van der Waals surface area contributed by atoms with Gasteiger partial charge >= 0.3 is 11.9 Å². The first-order valence-corrected chi connectivity index (χ1v) is 9.81. The molecule has 162 valence electrons. The van der Waals surface area contributed by atoms with Crippen LogP contribution in [0.5, 0.6) is 0 Å². The molecule has 0 spiro atoms. The molecule has 1 fully saturated rings. The Labute approximate surface area is 180 Å². The average molecular weight is 424 g/mol. The van der Waals surface area contributed by atoms with E-state index in [0.717, 1.165) is 16.8 Å². The van der Waals surface area contributed by atoms with E-state index in [1.54, 1.807) is 17.0 Å². The van der Waals surface area contributed by atoms with Crippen LogP contribution >= 0.6 is 0 Å². The van der Waals surface area contributed by atoms with Crippen molar-refractivity contribution < 1.29 is 28.7 Å². The number of hydrogen-bond acceptors (Lipinski definition) is 6. The maximum absolute atomic E-state index is 12.4. The zero-order valence-corrected chi connectivity index (χ0v) is 17.6. The Balaban J connectivity index is 1.52. The minimum atomic E-state index is -0.625. The first kappa shape index (κ1) is 22.0. The summed E-state index contributed by atoms with van der Waals surface area (Å²) in [6, 6.07) is 11.9. The van der Waals surface area contributed by atoms with Gasteiger partial charge in [-0.3, -0.25) is 14.4 Å². The van der Waals surface area contributed by atoms with E-state index in [1.165, 1.54) is 19.2 Å². The normalized spacial score (nSPS) is 15.5. The zero-order chi connectivity index (χ0) is 22.5. The quantitative estimate of drug-likeness (QED) is 0.716. The van der Waals surface area contributed by atoms with Gasteiger partial charge in [-0.1, -0.05) is 17.7 Å². The Hall–Kier alpha value is -3.68. The fraction of sp³-hybridized carbons (Fsp3) is 0.304. The Kier molecular flexibility index (Phi) is 6.69. The summed E-state index contributed by atoms with van der Waals surface area (Å²) in [6.07, 6.45) is 0.0444. The minimum Gasteiger partial charge on any atom is -0.465 e. The van der Waals surface area contributed by atoms with Crippen molar-refractivity contribution >= 4 is 35.1 Å². The number of nitrogens with one attached hydrogen (secondary N) is 1. The van der Waals surface area contributed by atoms with Gasteiger partial charge in [0, 0.05) is 24.3 Å². The van der Waals surface area contributed by atoms with Gasteiger partial charge in [-0.15, -0.1) is 0 Å². The lowest BCUT2D eigenvalue weighted by molar-refractivity contribution is -0.151. The van der Waals surface area contributed by atoms with Crippen LogP contribution in [0.3, 0.4) is 0 Å². The number of benzene rings is 2. The largest absolute Gasteiger partial charge is 0.465 e. The van der Waals surface area contributed by atoms with Crippen LogP contribution in [0.2, 0.25) is 0 Å². The summed E-state index contributed by atoms with van der Waals surface area (Å²) < 4.78 is 9.73. The molecule has 1 atom stereocenters. The molecule has 1 aliphatic rings. The Morgan fingerprint density at radius 1 is 1.10 bits per heavy atom. The highest BCUT2D eigenvalue weighted by molar-refractivity contribution is 6.00. The van der Waals surface area contributed by atoms with Crippen LogP contribution in [0, 0.1) is 19.8 Å².